The number of halogens is 1. The van der Waals surface area contributed by atoms with Gasteiger partial charge in [-0.2, -0.15) is 9.97 Å². The first-order chi connectivity index (χ1) is 18.5. The molecule has 2 saturated heterocycles. The molecule has 7 rings (SSSR count). The van der Waals surface area contributed by atoms with Gasteiger partial charge >= 0.3 is 6.01 Å². The van der Waals surface area contributed by atoms with Crippen molar-refractivity contribution in [2.75, 3.05) is 49.6 Å². The highest BCUT2D eigenvalue weighted by atomic mass is 35.5. The van der Waals surface area contributed by atoms with Crippen LogP contribution in [0.2, 0.25) is 5.02 Å². The van der Waals surface area contributed by atoms with Gasteiger partial charge in [0, 0.05) is 48.4 Å². The Balaban J connectivity index is 1.23. The fourth-order valence-corrected chi connectivity index (χ4v) is 7.54. The lowest BCUT2D eigenvalue weighted by Crippen LogP contribution is -2.49. The molecule has 2 aromatic carbocycles. The topological polar surface area (TPSA) is 70.8 Å². The van der Waals surface area contributed by atoms with Gasteiger partial charge in [-0.15, -0.1) is 0 Å². The Morgan fingerprint density at radius 1 is 1.00 bits per heavy atom. The number of aromatic nitrogens is 2. The fourth-order valence-electron chi connectivity index (χ4n) is 7.26. The number of likely N-dealkylation sites (N-methyl/N-ethyl adjacent to an activating group) is 1. The van der Waals surface area contributed by atoms with E-state index in [0.29, 0.717) is 36.5 Å². The molecule has 4 aliphatic rings. The maximum atomic E-state index is 6.70. The van der Waals surface area contributed by atoms with Crippen LogP contribution in [0.15, 0.2) is 36.4 Å². The standard InChI is InChI=1S/C30H37ClN6O/c1-35-13-4-7-22(35)18-38-30-33-25-17-36(26-9-3-6-19-5-2-8-24(31)27(19)26)14-12-23(25)29(34-30)37-15-20-10-11-21(16-37)28(20)32/h2-3,5-6,8-9,20-22,28H,4,7,10-18,32H2,1H3/t20-,21+,22-,28?/m0/s1. The van der Waals surface area contributed by atoms with Crippen molar-refractivity contribution in [1.82, 2.24) is 14.9 Å². The molecule has 1 unspecified atom stereocenters. The van der Waals surface area contributed by atoms with E-state index in [9.17, 15) is 0 Å². The van der Waals surface area contributed by atoms with Crippen LogP contribution in [0.1, 0.15) is 36.9 Å². The molecule has 3 fully saturated rings. The minimum Gasteiger partial charge on any atom is -0.462 e. The van der Waals surface area contributed by atoms with Gasteiger partial charge in [-0.05, 0) is 75.1 Å². The summed E-state index contributed by atoms with van der Waals surface area (Å²) in [5.74, 6) is 2.17. The van der Waals surface area contributed by atoms with Crippen molar-refractivity contribution in [2.24, 2.45) is 17.6 Å². The smallest absolute Gasteiger partial charge is 0.318 e. The van der Waals surface area contributed by atoms with E-state index in [1.54, 1.807) is 0 Å². The Morgan fingerprint density at radius 3 is 2.55 bits per heavy atom. The SMILES string of the molecule is CN1CCC[C@H]1COc1nc2c(c(N3C[C@H]4CC[C@@H](C3)C4N)n1)CCN(c1cccc3cccc(Cl)c13)C2. The molecule has 4 atom stereocenters. The Bertz CT molecular complexity index is 1330. The van der Waals surface area contributed by atoms with Crippen molar-refractivity contribution in [3.05, 3.63) is 52.7 Å². The van der Waals surface area contributed by atoms with Crippen LogP contribution in [-0.2, 0) is 13.0 Å². The Labute approximate surface area is 229 Å². The first-order valence-electron chi connectivity index (χ1n) is 14.2. The largest absolute Gasteiger partial charge is 0.462 e. The molecule has 0 amide bonds. The summed E-state index contributed by atoms with van der Waals surface area (Å²) in [6.45, 7) is 5.34. The van der Waals surface area contributed by atoms with Gasteiger partial charge in [0.1, 0.15) is 12.4 Å². The van der Waals surface area contributed by atoms with Crippen LogP contribution in [0.5, 0.6) is 6.01 Å². The van der Waals surface area contributed by atoms with Crippen molar-refractivity contribution in [1.29, 1.82) is 0 Å². The van der Waals surface area contributed by atoms with Gasteiger partial charge in [0.2, 0.25) is 0 Å². The normalized spacial score (nSPS) is 27.2. The van der Waals surface area contributed by atoms with E-state index in [4.69, 9.17) is 32.0 Å². The summed E-state index contributed by atoms with van der Waals surface area (Å²) in [4.78, 5) is 17.4. The summed E-state index contributed by atoms with van der Waals surface area (Å²) < 4.78 is 6.32. The van der Waals surface area contributed by atoms with Crippen molar-refractivity contribution < 1.29 is 4.74 Å². The van der Waals surface area contributed by atoms with Crippen LogP contribution in [-0.4, -0.2) is 66.8 Å². The zero-order valence-electron chi connectivity index (χ0n) is 22.2. The van der Waals surface area contributed by atoms with Gasteiger partial charge in [0.15, 0.2) is 0 Å². The number of benzene rings is 2. The molecule has 2 bridgehead atoms. The molecular weight excluding hydrogens is 496 g/mol. The van der Waals surface area contributed by atoms with Crippen LogP contribution < -0.4 is 20.3 Å². The van der Waals surface area contributed by atoms with E-state index in [1.807, 2.05) is 12.1 Å². The molecule has 4 heterocycles. The maximum absolute atomic E-state index is 6.70. The number of nitrogens with two attached hydrogens (primary N) is 1. The summed E-state index contributed by atoms with van der Waals surface area (Å²) in [6, 6.07) is 13.8. The maximum Gasteiger partial charge on any atom is 0.318 e. The quantitative estimate of drug-likeness (QED) is 0.519. The monoisotopic (exact) mass is 532 g/mol. The number of hydrogen-bond donors (Lipinski definition) is 1. The van der Waals surface area contributed by atoms with Crippen LogP contribution in [0.25, 0.3) is 10.8 Å². The second kappa shape index (κ2) is 9.85. The molecule has 1 aliphatic carbocycles. The first-order valence-corrected chi connectivity index (χ1v) is 14.6. The lowest BCUT2D eigenvalue weighted by Gasteiger charge is -2.39. The Kier molecular flexibility index (Phi) is 6.33. The van der Waals surface area contributed by atoms with Gasteiger partial charge < -0.3 is 25.2 Å². The number of likely N-dealkylation sites (tertiary alicyclic amines) is 1. The molecule has 1 aromatic heterocycles. The second-order valence-electron chi connectivity index (χ2n) is 11.7. The summed E-state index contributed by atoms with van der Waals surface area (Å²) in [6.07, 6.45) is 5.73. The number of piperidine rings is 1. The number of anilines is 2. The fraction of sp³-hybridized carbons (Fsp3) is 0.533. The predicted octanol–water partition coefficient (Wildman–Crippen LogP) is 4.49. The third-order valence-electron chi connectivity index (χ3n) is 9.48. The number of nitrogens with zero attached hydrogens (tertiary/aromatic N) is 5. The van der Waals surface area contributed by atoms with Crippen molar-refractivity contribution in [2.45, 2.75) is 50.7 Å². The van der Waals surface area contributed by atoms with Gasteiger partial charge in [-0.1, -0.05) is 35.9 Å². The van der Waals surface area contributed by atoms with Crippen LogP contribution in [0.3, 0.4) is 0 Å². The van der Waals surface area contributed by atoms with Gasteiger partial charge in [0.05, 0.1) is 17.3 Å². The predicted molar refractivity (Wildman–Crippen MR) is 153 cm³/mol. The zero-order chi connectivity index (χ0) is 25.8. The second-order valence-corrected chi connectivity index (χ2v) is 12.1. The molecule has 0 radical (unpaired) electrons. The van der Waals surface area contributed by atoms with E-state index in [1.165, 1.54) is 24.8 Å². The van der Waals surface area contributed by atoms with Crippen LogP contribution >= 0.6 is 11.6 Å². The van der Waals surface area contributed by atoms with Crippen LogP contribution in [0.4, 0.5) is 11.5 Å². The molecule has 38 heavy (non-hydrogen) atoms. The lowest BCUT2D eigenvalue weighted by molar-refractivity contribution is 0.187. The molecular formula is C30H37ClN6O. The highest BCUT2D eigenvalue weighted by Gasteiger charge is 2.41. The zero-order valence-corrected chi connectivity index (χ0v) is 22.9. The van der Waals surface area contributed by atoms with E-state index in [0.717, 1.165) is 78.6 Å². The molecule has 3 aliphatic heterocycles. The summed E-state index contributed by atoms with van der Waals surface area (Å²) in [5.41, 5.74) is 10.1. The number of ether oxygens (including phenoxy) is 1. The Hall–Kier alpha value is -2.61. The summed E-state index contributed by atoms with van der Waals surface area (Å²) in [5, 5.41) is 3.06. The third kappa shape index (κ3) is 4.29. The first kappa shape index (κ1) is 24.4. The molecule has 200 valence electrons. The van der Waals surface area contributed by atoms with Crippen LogP contribution in [0, 0.1) is 11.8 Å². The minimum atomic E-state index is 0.323. The number of fused-ring (bicyclic) bond motifs is 4. The van der Waals surface area contributed by atoms with Crippen molar-refractivity contribution in [3.63, 3.8) is 0 Å². The highest BCUT2D eigenvalue weighted by molar-refractivity contribution is 6.36. The molecule has 1 saturated carbocycles. The number of rotatable bonds is 5. The van der Waals surface area contributed by atoms with E-state index < -0.39 is 0 Å². The van der Waals surface area contributed by atoms with Gasteiger partial charge in [0.25, 0.3) is 0 Å². The molecule has 3 aromatic rings. The van der Waals surface area contributed by atoms with Crippen molar-refractivity contribution in [3.8, 4) is 6.01 Å². The van der Waals surface area contributed by atoms with E-state index in [2.05, 4.69) is 46.0 Å². The Morgan fingerprint density at radius 2 is 1.79 bits per heavy atom. The average Bonchev–Trinajstić information content (AvgIpc) is 3.41. The number of hydrogen-bond acceptors (Lipinski definition) is 7. The summed E-state index contributed by atoms with van der Waals surface area (Å²) >= 11 is 6.70. The van der Waals surface area contributed by atoms with Gasteiger partial charge in [-0.3, -0.25) is 0 Å². The molecule has 0 spiro atoms. The summed E-state index contributed by atoms with van der Waals surface area (Å²) in [7, 11) is 2.18. The third-order valence-corrected chi connectivity index (χ3v) is 9.79. The minimum absolute atomic E-state index is 0.323. The van der Waals surface area contributed by atoms with E-state index in [-0.39, 0.29) is 0 Å². The van der Waals surface area contributed by atoms with E-state index >= 15 is 0 Å². The molecule has 8 heteroatoms. The highest BCUT2D eigenvalue weighted by Crippen LogP contribution is 2.41. The van der Waals surface area contributed by atoms with Crippen molar-refractivity contribution >= 4 is 33.9 Å². The van der Waals surface area contributed by atoms with Gasteiger partial charge in [-0.25, -0.2) is 0 Å². The molecule has 2 N–H and O–H groups in total. The lowest BCUT2D eigenvalue weighted by atomic mass is 9.92. The average molecular weight is 533 g/mol. The molecule has 7 nitrogen and oxygen atoms in total.